The maximum Gasteiger partial charge on any atom is 0.0995 e. The molecule has 16 heavy (non-hydrogen) atoms. The van der Waals surface area contributed by atoms with Gasteiger partial charge in [-0.25, -0.2) is 0 Å². The Bertz CT molecular complexity index is 204. The van der Waals surface area contributed by atoms with Crippen LogP contribution in [0.15, 0.2) is 0 Å². The van der Waals surface area contributed by atoms with Gasteiger partial charge in [-0.05, 0) is 33.5 Å². The van der Waals surface area contributed by atoms with Crippen molar-refractivity contribution in [3.05, 3.63) is 0 Å². The molecule has 2 aliphatic heterocycles. The topological polar surface area (TPSA) is 19.0 Å². The number of hydrogen-bond acceptors (Lipinski definition) is 4. The number of ether oxygens (including phenoxy) is 1. The first-order valence-corrected chi connectivity index (χ1v) is 6.45. The van der Waals surface area contributed by atoms with Crippen molar-refractivity contribution in [3.8, 4) is 0 Å². The van der Waals surface area contributed by atoms with Crippen molar-refractivity contribution in [1.29, 1.82) is 0 Å². The van der Waals surface area contributed by atoms with Gasteiger partial charge in [-0.1, -0.05) is 0 Å². The number of rotatable bonds is 3. The van der Waals surface area contributed by atoms with E-state index in [0.717, 1.165) is 26.4 Å². The number of hydrogen-bond donors (Lipinski definition) is 0. The summed E-state index contributed by atoms with van der Waals surface area (Å²) in [6.07, 6.45) is 2.97. The highest BCUT2D eigenvalue weighted by Gasteiger charge is 2.19. The van der Waals surface area contributed by atoms with E-state index in [2.05, 4.69) is 28.8 Å². The number of likely N-dealkylation sites (N-methyl/N-ethyl adjacent to an activating group) is 2. The van der Waals surface area contributed by atoms with E-state index in [9.17, 15) is 0 Å². The Morgan fingerprint density at radius 3 is 2.44 bits per heavy atom. The van der Waals surface area contributed by atoms with Crippen LogP contribution in [0.25, 0.3) is 0 Å². The highest BCUT2D eigenvalue weighted by atomic mass is 16.5. The maximum absolute atomic E-state index is 5.99. The number of piperazine rings is 1. The van der Waals surface area contributed by atoms with Crippen LogP contribution in [0.4, 0.5) is 0 Å². The Hall–Kier alpha value is -0.160. The molecule has 2 rings (SSSR count). The van der Waals surface area contributed by atoms with Gasteiger partial charge >= 0.3 is 0 Å². The van der Waals surface area contributed by atoms with Crippen LogP contribution in [-0.2, 0) is 4.74 Å². The lowest BCUT2D eigenvalue weighted by atomic mass is 10.1. The van der Waals surface area contributed by atoms with Crippen LogP contribution in [0.5, 0.6) is 0 Å². The fourth-order valence-electron chi connectivity index (χ4n) is 2.44. The Labute approximate surface area is 99.1 Å². The molecule has 4 nitrogen and oxygen atoms in total. The zero-order valence-corrected chi connectivity index (χ0v) is 10.7. The van der Waals surface area contributed by atoms with Gasteiger partial charge in [-0.2, -0.15) is 0 Å². The molecular weight excluding hydrogens is 202 g/mol. The Morgan fingerprint density at radius 2 is 1.75 bits per heavy atom. The Balaban J connectivity index is 1.63. The first-order valence-electron chi connectivity index (χ1n) is 6.45. The molecule has 0 radical (unpaired) electrons. The minimum Gasteiger partial charge on any atom is -0.362 e. The highest BCUT2D eigenvalue weighted by Crippen LogP contribution is 2.12. The molecule has 0 aromatic carbocycles. The minimum atomic E-state index is 0.457. The van der Waals surface area contributed by atoms with Crippen molar-refractivity contribution in [3.63, 3.8) is 0 Å². The van der Waals surface area contributed by atoms with Crippen LogP contribution in [0.2, 0.25) is 0 Å². The molecule has 94 valence electrons. The van der Waals surface area contributed by atoms with E-state index < -0.39 is 0 Å². The van der Waals surface area contributed by atoms with Gasteiger partial charge in [0.15, 0.2) is 0 Å². The van der Waals surface area contributed by atoms with Crippen LogP contribution < -0.4 is 0 Å². The minimum absolute atomic E-state index is 0.457. The van der Waals surface area contributed by atoms with E-state index in [4.69, 9.17) is 4.74 Å². The largest absolute Gasteiger partial charge is 0.362 e. The summed E-state index contributed by atoms with van der Waals surface area (Å²) < 4.78 is 5.99. The van der Waals surface area contributed by atoms with E-state index in [-0.39, 0.29) is 0 Å². The lowest BCUT2D eigenvalue weighted by molar-refractivity contribution is -0.0583. The predicted octanol–water partition coefficient (Wildman–Crippen LogP) is 0.302. The molecule has 2 saturated heterocycles. The lowest BCUT2D eigenvalue weighted by Gasteiger charge is -2.35. The fourth-order valence-corrected chi connectivity index (χ4v) is 2.44. The molecule has 1 atom stereocenters. The number of nitrogens with zero attached hydrogens (tertiary/aromatic N) is 3. The second kappa shape index (κ2) is 5.96. The number of likely N-dealkylation sites (tertiary alicyclic amines) is 1. The van der Waals surface area contributed by atoms with E-state index in [1.165, 1.54) is 32.5 Å². The quantitative estimate of drug-likeness (QED) is 0.690. The third-order valence-corrected chi connectivity index (χ3v) is 3.67. The Kier molecular flexibility index (Phi) is 4.58. The molecule has 0 saturated carbocycles. The average molecular weight is 227 g/mol. The monoisotopic (exact) mass is 227 g/mol. The molecule has 0 N–H and O–H groups in total. The Morgan fingerprint density at radius 1 is 1.00 bits per heavy atom. The summed E-state index contributed by atoms with van der Waals surface area (Å²) >= 11 is 0. The zero-order chi connectivity index (χ0) is 11.4. The second-order valence-corrected chi connectivity index (χ2v) is 5.24. The number of piperidine rings is 1. The third-order valence-electron chi connectivity index (χ3n) is 3.67. The van der Waals surface area contributed by atoms with Crippen molar-refractivity contribution >= 4 is 0 Å². The molecule has 2 aliphatic rings. The van der Waals surface area contributed by atoms with Gasteiger partial charge < -0.3 is 14.5 Å². The van der Waals surface area contributed by atoms with Gasteiger partial charge in [0.1, 0.15) is 0 Å². The van der Waals surface area contributed by atoms with Gasteiger partial charge in [0.2, 0.25) is 0 Å². The smallest absolute Gasteiger partial charge is 0.0995 e. The highest BCUT2D eigenvalue weighted by molar-refractivity contribution is 4.72. The molecule has 4 heteroatoms. The molecule has 2 fully saturated rings. The van der Waals surface area contributed by atoms with Crippen LogP contribution in [-0.4, -0.2) is 80.9 Å². The maximum atomic E-state index is 5.99. The second-order valence-electron chi connectivity index (χ2n) is 5.24. The molecule has 1 unspecified atom stereocenters. The average Bonchev–Trinajstić information content (AvgIpc) is 2.28. The van der Waals surface area contributed by atoms with E-state index in [0.29, 0.717) is 6.10 Å². The summed E-state index contributed by atoms with van der Waals surface area (Å²) in [5.41, 5.74) is 0. The summed E-state index contributed by atoms with van der Waals surface area (Å²) in [6.45, 7) is 7.81. The standard InChI is InChI=1S/C12H25N3O/c1-13-6-8-15(9-7-13)11-16-12-4-3-5-14(2)10-12/h12H,3-11H2,1-2H3. The van der Waals surface area contributed by atoms with Crippen molar-refractivity contribution in [1.82, 2.24) is 14.7 Å². The molecule has 0 amide bonds. The zero-order valence-electron chi connectivity index (χ0n) is 10.7. The predicted molar refractivity (Wildman–Crippen MR) is 65.5 cm³/mol. The van der Waals surface area contributed by atoms with Crippen molar-refractivity contribution < 1.29 is 4.74 Å². The molecule has 0 aliphatic carbocycles. The summed E-state index contributed by atoms with van der Waals surface area (Å²) in [5, 5.41) is 0. The summed E-state index contributed by atoms with van der Waals surface area (Å²) in [6, 6.07) is 0. The van der Waals surface area contributed by atoms with Crippen molar-refractivity contribution in [2.75, 3.05) is 60.1 Å². The first kappa shape index (κ1) is 12.3. The summed E-state index contributed by atoms with van der Waals surface area (Å²) in [5.74, 6) is 0. The SMILES string of the molecule is CN1CCN(COC2CCCN(C)C2)CC1. The normalized spacial score (nSPS) is 30.8. The van der Waals surface area contributed by atoms with E-state index >= 15 is 0 Å². The van der Waals surface area contributed by atoms with Crippen molar-refractivity contribution in [2.24, 2.45) is 0 Å². The van der Waals surface area contributed by atoms with Crippen LogP contribution in [0, 0.1) is 0 Å². The van der Waals surface area contributed by atoms with E-state index in [1.54, 1.807) is 0 Å². The third kappa shape index (κ3) is 3.70. The van der Waals surface area contributed by atoms with E-state index in [1.807, 2.05) is 0 Å². The van der Waals surface area contributed by atoms with Crippen LogP contribution in [0.1, 0.15) is 12.8 Å². The molecule has 0 bridgehead atoms. The molecular formula is C12H25N3O. The van der Waals surface area contributed by atoms with Gasteiger partial charge in [0.25, 0.3) is 0 Å². The summed E-state index contributed by atoms with van der Waals surface area (Å²) in [4.78, 5) is 7.18. The fraction of sp³-hybridized carbons (Fsp3) is 1.00. The van der Waals surface area contributed by atoms with Gasteiger partial charge in [-0.15, -0.1) is 0 Å². The van der Waals surface area contributed by atoms with Crippen molar-refractivity contribution in [2.45, 2.75) is 18.9 Å². The first-order chi connectivity index (χ1) is 7.74. The molecule has 0 aromatic rings. The van der Waals surface area contributed by atoms with Crippen LogP contribution in [0.3, 0.4) is 0 Å². The van der Waals surface area contributed by atoms with Crippen LogP contribution >= 0.6 is 0 Å². The summed E-state index contributed by atoms with van der Waals surface area (Å²) in [7, 11) is 4.37. The molecule has 0 aromatic heterocycles. The molecule has 2 heterocycles. The van der Waals surface area contributed by atoms with Gasteiger partial charge in [-0.3, -0.25) is 4.90 Å². The van der Waals surface area contributed by atoms with Gasteiger partial charge in [0.05, 0.1) is 12.8 Å². The van der Waals surface area contributed by atoms with Gasteiger partial charge in [0, 0.05) is 32.7 Å². The lowest BCUT2D eigenvalue weighted by Crippen LogP contribution is -2.46. The molecule has 0 spiro atoms.